The lowest BCUT2D eigenvalue weighted by Gasteiger charge is -2.10. The van der Waals surface area contributed by atoms with Crippen molar-refractivity contribution in [2.24, 2.45) is 0 Å². The van der Waals surface area contributed by atoms with Crippen LogP contribution in [0.3, 0.4) is 0 Å². The second kappa shape index (κ2) is 4.09. The van der Waals surface area contributed by atoms with Crippen LogP contribution in [0.25, 0.3) is 11.0 Å². The van der Waals surface area contributed by atoms with Gasteiger partial charge >= 0.3 is 0 Å². The molecule has 0 amide bonds. The van der Waals surface area contributed by atoms with Crippen molar-refractivity contribution in [1.29, 1.82) is 0 Å². The Balaban J connectivity index is 2.64. The first kappa shape index (κ1) is 10.9. The van der Waals surface area contributed by atoms with Crippen LogP contribution in [-0.4, -0.2) is 21.1 Å². The van der Waals surface area contributed by atoms with Gasteiger partial charge in [-0.15, -0.1) is 0 Å². The fraction of sp³-hybridized carbons (Fsp3) is 0.300. The second-order valence-corrected chi connectivity index (χ2v) is 3.94. The Kier molecular flexibility index (Phi) is 2.78. The van der Waals surface area contributed by atoms with E-state index in [-0.39, 0.29) is 12.1 Å². The van der Waals surface area contributed by atoms with Crippen LogP contribution >= 0.6 is 11.6 Å². The van der Waals surface area contributed by atoms with Crippen molar-refractivity contribution < 1.29 is 4.74 Å². The fourth-order valence-electron chi connectivity index (χ4n) is 1.29. The van der Waals surface area contributed by atoms with Gasteiger partial charge in [-0.2, -0.15) is 4.98 Å². The summed E-state index contributed by atoms with van der Waals surface area (Å²) in [7, 11) is 0. The molecule has 5 nitrogen and oxygen atoms in total. The van der Waals surface area contributed by atoms with E-state index in [1.807, 2.05) is 13.8 Å². The van der Waals surface area contributed by atoms with Gasteiger partial charge in [-0.3, -0.25) is 0 Å². The molecule has 0 radical (unpaired) electrons. The summed E-state index contributed by atoms with van der Waals surface area (Å²) >= 11 is 5.81. The molecule has 84 valence electrons. The zero-order valence-corrected chi connectivity index (χ0v) is 9.69. The maximum Gasteiger partial charge on any atom is 0.245 e. The monoisotopic (exact) mass is 238 g/mol. The number of hydrogen-bond acceptors (Lipinski definition) is 5. The van der Waals surface area contributed by atoms with Crippen molar-refractivity contribution in [1.82, 2.24) is 15.0 Å². The minimum Gasteiger partial charge on any atom is -0.473 e. The molecule has 0 spiro atoms. The number of pyridine rings is 1. The maximum absolute atomic E-state index is 5.81. The van der Waals surface area contributed by atoms with E-state index in [4.69, 9.17) is 22.1 Å². The third-order valence-corrected chi connectivity index (χ3v) is 2.05. The largest absolute Gasteiger partial charge is 0.473 e. The highest BCUT2D eigenvalue weighted by molar-refractivity contribution is 6.29. The standard InChI is InChI=1S/C10H11ClN4O/c1-5(2)16-9-8-6(13-10(12)15-9)3-4-7(11)14-8/h3-5H,1-2H3,(H2,12,13,15). The summed E-state index contributed by atoms with van der Waals surface area (Å²) in [6.45, 7) is 3.79. The summed E-state index contributed by atoms with van der Waals surface area (Å²) in [4.78, 5) is 12.2. The molecule has 0 aliphatic heterocycles. The molecule has 0 saturated carbocycles. The number of halogens is 1. The predicted octanol–water partition coefficient (Wildman–Crippen LogP) is 2.05. The average Bonchev–Trinajstić information content (AvgIpc) is 2.18. The summed E-state index contributed by atoms with van der Waals surface area (Å²) in [6, 6.07) is 3.38. The van der Waals surface area contributed by atoms with Gasteiger partial charge in [0.25, 0.3) is 0 Å². The van der Waals surface area contributed by atoms with Gasteiger partial charge in [0.05, 0.1) is 11.6 Å². The first-order valence-electron chi connectivity index (χ1n) is 4.82. The van der Waals surface area contributed by atoms with E-state index in [0.29, 0.717) is 22.1 Å². The Morgan fingerprint density at radius 2 is 2.00 bits per heavy atom. The highest BCUT2D eigenvalue weighted by Gasteiger charge is 2.10. The van der Waals surface area contributed by atoms with Crippen LogP contribution in [0.5, 0.6) is 5.88 Å². The van der Waals surface area contributed by atoms with Gasteiger partial charge in [-0.25, -0.2) is 9.97 Å². The number of ether oxygens (including phenoxy) is 1. The van der Waals surface area contributed by atoms with Crippen molar-refractivity contribution in [2.75, 3.05) is 5.73 Å². The number of anilines is 1. The summed E-state index contributed by atoms with van der Waals surface area (Å²) < 4.78 is 5.51. The lowest BCUT2D eigenvalue weighted by molar-refractivity contribution is 0.235. The Bertz CT molecular complexity index is 529. The van der Waals surface area contributed by atoms with Gasteiger partial charge in [-0.05, 0) is 26.0 Å². The van der Waals surface area contributed by atoms with Crippen molar-refractivity contribution >= 4 is 28.6 Å². The van der Waals surface area contributed by atoms with Gasteiger partial charge in [-0.1, -0.05) is 11.6 Å². The molecule has 2 heterocycles. The number of rotatable bonds is 2. The minimum absolute atomic E-state index is 0.0155. The number of fused-ring (bicyclic) bond motifs is 1. The van der Waals surface area contributed by atoms with E-state index in [1.54, 1.807) is 12.1 Å². The van der Waals surface area contributed by atoms with Crippen LogP contribution in [0.1, 0.15) is 13.8 Å². The molecule has 0 saturated heterocycles. The van der Waals surface area contributed by atoms with E-state index in [0.717, 1.165) is 0 Å². The van der Waals surface area contributed by atoms with Crippen LogP contribution in [0, 0.1) is 0 Å². The van der Waals surface area contributed by atoms with Crippen molar-refractivity contribution in [2.45, 2.75) is 20.0 Å². The fourth-order valence-corrected chi connectivity index (χ4v) is 1.43. The summed E-state index contributed by atoms with van der Waals surface area (Å²) in [5.74, 6) is 0.521. The lowest BCUT2D eigenvalue weighted by Crippen LogP contribution is -2.09. The molecule has 2 aromatic heterocycles. The highest BCUT2D eigenvalue weighted by atomic mass is 35.5. The normalized spacial score (nSPS) is 11.0. The Morgan fingerprint density at radius 1 is 1.25 bits per heavy atom. The molecular formula is C10H11ClN4O. The Morgan fingerprint density at radius 3 is 2.69 bits per heavy atom. The summed E-state index contributed by atoms with van der Waals surface area (Å²) in [6.07, 6.45) is -0.0155. The van der Waals surface area contributed by atoms with Crippen LogP contribution < -0.4 is 10.5 Å². The second-order valence-electron chi connectivity index (χ2n) is 3.56. The molecule has 0 atom stereocenters. The maximum atomic E-state index is 5.81. The third-order valence-electron chi connectivity index (χ3n) is 1.84. The third kappa shape index (κ3) is 2.14. The molecule has 0 aliphatic rings. The van der Waals surface area contributed by atoms with Crippen molar-refractivity contribution in [3.05, 3.63) is 17.3 Å². The predicted molar refractivity (Wildman–Crippen MR) is 62.5 cm³/mol. The summed E-state index contributed by atoms with van der Waals surface area (Å²) in [5, 5.41) is 0.370. The zero-order valence-electron chi connectivity index (χ0n) is 8.94. The molecule has 0 bridgehead atoms. The SMILES string of the molecule is CC(C)Oc1nc(N)nc2ccc(Cl)nc12. The number of aromatic nitrogens is 3. The van der Waals surface area contributed by atoms with Crippen LogP contribution in [0.4, 0.5) is 5.95 Å². The Hall–Kier alpha value is -1.62. The molecule has 0 aliphatic carbocycles. The van der Waals surface area contributed by atoms with Gasteiger partial charge in [0.15, 0.2) is 5.52 Å². The van der Waals surface area contributed by atoms with Crippen LogP contribution in [0.15, 0.2) is 12.1 Å². The number of nitrogen functional groups attached to an aromatic ring is 1. The van der Waals surface area contributed by atoms with Gasteiger partial charge in [0.1, 0.15) is 5.15 Å². The zero-order chi connectivity index (χ0) is 11.7. The van der Waals surface area contributed by atoms with E-state index in [9.17, 15) is 0 Å². The number of nitrogens with zero attached hydrogens (tertiary/aromatic N) is 3. The van der Waals surface area contributed by atoms with E-state index >= 15 is 0 Å². The number of hydrogen-bond donors (Lipinski definition) is 1. The molecule has 0 fully saturated rings. The van der Waals surface area contributed by atoms with Gasteiger partial charge in [0, 0.05) is 0 Å². The first-order chi connectivity index (χ1) is 7.56. The van der Waals surface area contributed by atoms with Crippen molar-refractivity contribution in [3.63, 3.8) is 0 Å². The molecule has 0 unspecified atom stereocenters. The molecule has 2 aromatic rings. The van der Waals surface area contributed by atoms with Crippen LogP contribution in [-0.2, 0) is 0 Å². The van der Waals surface area contributed by atoms with E-state index in [1.165, 1.54) is 0 Å². The molecule has 6 heteroatoms. The minimum atomic E-state index is -0.0155. The summed E-state index contributed by atoms with van der Waals surface area (Å²) in [5.41, 5.74) is 6.72. The first-order valence-corrected chi connectivity index (χ1v) is 5.20. The van der Waals surface area contributed by atoms with E-state index in [2.05, 4.69) is 15.0 Å². The van der Waals surface area contributed by atoms with E-state index < -0.39 is 0 Å². The van der Waals surface area contributed by atoms with Crippen molar-refractivity contribution in [3.8, 4) is 5.88 Å². The quantitative estimate of drug-likeness (QED) is 0.811. The Labute approximate surface area is 97.6 Å². The molecule has 2 N–H and O–H groups in total. The molecule has 2 rings (SSSR count). The molecule has 0 aromatic carbocycles. The number of nitrogens with two attached hydrogens (primary N) is 1. The van der Waals surface area contributed by atoms with Gasteiger partial charge in [0.2, 0.25) is 11.8 Å². The lowest BCUT2D eigenvalue weighted by atomic mass is 10.3. The van der Waals surface area contributed by atoms with Gasteiger partial charge < -0.3 is 10.5 Å². The smallest absolute Gasteiger partial charge is 0.245 e. The molecule has 16 heavy (non-hydrogen) atoms. The molecular weight excluding hydrogens is 228 g/mol. The average molecular weight is 239 g/mol. The van der Waals surface area contributed by atoms with Crippen LogP contribution in [0.2, 0.25) is 5.15 Å². The highest BCUT2D eigenvalue weighted by Crippen LogP contribution is 2.23. The topological polar surface area (TPSA) is 73.9 Å².